The third-order valence-corrected chi connectivity index (χ3v) is 4.95. The van der Waals surface area contributed by atoms with Crippen molar-refractivity contribution in [3.63, 3.8) is 0 Å². The average Bonchev–Trinajstić information content (AvgIpc) is 3.09. The summed E-state index contributed by atoms with van der Waals surface area (Å²) in [5.74, 6) is 0.683. The lowest BCUT2D eigenvalue weighted by Gasteiger charge is -2.24. The van der Waals surface area contributed by atoms with Crippen LogP contribution in [0.1, 0.15) is 24.2 Å². The highest BCUT2D eigenvalue weighted by atomic mass is 16.2. The van der Waals surface area contributed by atoms with Crippen LogP contribution in [0.5, 0.6) is 0 Å². The molecule has 27 heavy (non-hydrogen) atoms. The number of aromatic nitrogens is 2. The molecule has 1 aliphatic heterocycles. The van der Waals surface area contributed by atoms with Crippen LogP contribution in [0.25, 0.3) is 11.0 Å². The summed E-state index contributed by atoms with van der Waals surface area (Å²) in [6.07, 6.45) is 2.24. The first-order valence-corrected chi connectivity index (χ1v) is 9.28. The molecule has 1 aromatic heterocycles. The fourth-order valence-electron chi connectivity index (χ4n) is 3.48. The second-order valence-electron chi connectivity index (χ2n) is 6.89. The van der Waals surface area contributed by atoms with E-state index in [4.69, 9.17) is 0 Å². The Morgan fingerprint density at radius 2 is 1.96 bits per heavy atom. The van der Waals surface area contributed by atoms with Gasteiger partial charge < -0.3 is 15.6 Å². The van der Waals surface area contributed by atoms with Crippen LogP contribution in [-0.4, -0.2) is 28.3 Å². The first-order chi connectivity index (χ1) is 13.2. The second-order valence-corrected chi connectivity index (χ2v) is 6.89. The summed E-state index contributed by atoms with van der Waals surface area (Å²) >= 11 is 0. The fourth-order valence-corrected chi connectivity index (χ4v) is 3.48. The SMILES string of the molecule is O=C(CCC1Cc2ccccc2NC1=O)NCCc1nc2ccccc2[nH]1. The smallest absolute Gasteiger partial charge is 0.227 e. The van der Waals surface area contributed by atoms with Crippen molar-refractivity contribution in [1.29, 1.82) is 0 Å². The number of amides is 2. The summed E-state index contributed by atoms with van der Waals surface area (Å²) in [5, 5.41) is 5.85. The van der Waals surface area contributed by atoms with E-state index >= 15 is 0 Å². The van der Waals surface area contributed by atoms with Gasteiger partial charge in [0.25, 0.3) is 0 Å². The maximum absolute atomic E-state index is 12.2. The Morgan fingerprint density at radius 3 is 2.85 bits per heavy atom. The number of carbonyl (C=O) groups is 2. The molecule has 2 amide bonds. The molecule has 0 aliphatic carbocycles. The van der Waals surface area contributed by atoms with Gasteiger partial charge in [0.15, 0.2) is 0 Å². The normalized spacial score (nSPS) is 16.0. The van der Waals surface area contributed by atoms with Gasteiger partial charge in [-0.3, -0.25) is 9.59 Å². The van der Waals surface area contributed by atoms with Crippen LogP contribution in [0.4, 0.5) is 5.69 Å². The van der Waals surface area contributed by atoms with Gasteiger partial charge >= 0.3 is 0 Å². The molecule has 6 heteroatoms. The number of nitrogens with one attached hydrogen (secondary N) is 3. The minimum Gasteiger partial charge on any atom is -0.356 e. The van der Waals surface area contributed by atoms with Crippen molar-refractivity contribution in [3.8, 4) is 0 Å². The van der Waals surface area contributed by atoms with Gasteiger partial charge in [0.1, 0.15) is 5.82 Å². The predicted octanol–water partition coefficient (Wildman–Crippen LogP) is 2.81. The Balaban J connectivity index is 1.23. The Hall–Kier alpha value is -3.15. The van der Waals surface area contributed by atoms with Crippen molar-refractivity contribution in [2.75, 3.05) is 11.9 Å². The molecule has 0 fully saturated rings. The number of aromatic amines is 1. The number of rotatable bonds is 6. The van der Waals surface area contributed by atoms with Crippen molar-refractivity contribution < 1.29 is 9.59 Å². The Kier molecular flexibility index (Phi) is 4.87. The number of para-hydroxylation sites is 3. The van der Waals surface area contributed by atoms with Crippen LogP contribution < -0.4 is 10.6 Å². The van der Waals surface area contributed by atoms with Crippen LogP contribution in [0.15, 0.2) is 48.5 Å². The van der Waals surface area contributed by atoms with Gasteiger partial charge in [-0.2, -0.15) is 0 Å². The van der Waals surface area contributed by atoms with Crippen molar-refractivity contribution in [3.05, 3.63) is 59.9 Å². The molecule has 1 unspecified atom stereocenters. The highest BCUT2D eigenvalue weighted by molar-refractivity contribution is 5.96. The number of imidazole rings is 1. The van der Waals surface area contributed by atoms with Gasteiger partial charge in [0.05, 0.1) is 11.0 Å². The van der Waals surface area contributed by atoms with E-state index in [1.54, 1.807) is 0 Å². The summed E-state index contributed by atoms with van der Waals surface area (Å²) in [7, 11) is 0. The Bertz CT molecular complexity index is 946. The summed E-state index contributed by atoms with van der Waals surface area (Å²) in [4.78, 5) is 32.1. The first-order valence-electron chi connectivity index (χ1n) is 9.28. The number of carbonyl (C=O) groups excluding carboxylic acids is 2. The maximum Gasteiger partial charge on any atom is 0.227 e. The molecule has 6 nitrogen and oxygen atoms in total. The predicted molar refractivity (Wildman–Crippen MR) is 104 cm³/mol. The fraction of sp³-hybridized carbons (Fsp3) is 0.286. The zero-order chi connectivity index (χ0) is 18.6. The monoisotopic (exact) mass is 362 g/mol. The molecule has 138 valence electrons. The lowest BCUT2D eigenvalue weighted by molar-refractivity contribution is -0.122. The Labute approximate surface area is 157 Å². The highest BCUT2D eigenvalue weighted by Crippen LogP contribution is 2.27. The summed E-state index contributed by atoms with van der Waals surface area (Å²) in [6.45, 7) is 0.526. The number of fused-ring (bicyclic) bond motifs is 2. The van der Waals surface area contributed by atoms with Crippen LogP contribution >= 0.6 is 0 Å². The van der Waals surface area contributed by atoms with Crippen LogP contribution in [0.2, 0.25) is 0 Å². The standard InChI is InChI=1S/C21H22N4O2/c26-20(22-12-11-19-23-17-7-3-4-8-18(17)24-19)10-9-15-13-14-5-1-2-6-16(14)25-21(15)27/h1-8,15H,9-13H2,(H,22,26)(H,23,24)(H,25,27). The van der Waals surface area contributed by atoms with E-state index in [-0.39, 0.29) is 17.7 Å². The molecule has 0 bridgehead atoms. The van der Waals surface area contributed by atoms with E-state index in [1.807, 2.05) is 48.5 Å². The van der Waals surface area contributed by atoms with Gasteiger partial charge in [-0.25, -0.2) is 4.98 Å². The minimum atomic E-state index is -0.152. The average molecular weight is 362 g/mol. The molecule has 0 spiro atoms. The molecular formula is C21H22N4O2. The van der Waals surface area contributed by atoms with E-state index in [1.165, 1.54) is 0 Å². The van der Waals surface area contributed by atoms with E-state index < -0.39 is 0 Å². The van der Waals surface area contributed by atoms with E-state index in [0.29, 0.717) is 32.2 Å². The quantitative estimate of drug-likeness (QED) is 0.630. The summed E-state index contributed by atoms with van der Waals surface area (Å²) in [5.41, 5.74) is 3.95. The topological polar surface area (TPSA) is 86.9 Å². The minimum absolute atomic E-state index is 0.00350. The van der Waals surface area contributed by atoms with Crippen molar-refractivity contribution in [2.45, 2.75) is 25.7 Å². The van der Waals surface area contributed by atoms with Crippen molar-refractivity contribution in [2.24, 2.45) is 5.92 Å². The summed E-state index contributed by atoms with van der Waals surface area (Å²) in [6, 6.07) is 15.7. The number of hydrogen-bond donors (Lipinski definition) is 3. The lowest BCUT2D eigenvalue weighted by Crippen LogP contribution is -2.32. The molecule has 2 aromatic carbocycles. The van der Waals surface area contributed by atoms with Gasteiger partial charge in [-0.1, -0.05) is 30.3 Å². The number of anilines is 1. The Morgan fingerprint density at radius 1 is 1.15 bits per heavy atom. The van der Waals surface area contributed by atoms with Gasteiger partial charge in [0, 0.05) is 31.0 Å². The zero-order valence-electron chi connectivity index (χ0n) is 15.0. The van der Waals surface area contributed by atoms with Crippen molar-refractivity contribution >= 4 is 28.5 Å². The molecule has 2 heterocycles. The number of H-pyrrole nitrogens is 1. The van der Waals surface area contributed by atoms with Crippen molar-refractivity contribution in [1.82, 2.24) is 15.3 Å². The van der Waals surface area contributed by atoms with Gasteiger partial charge in [-0.05, 0) is 36.6 Å². The first kappa shape index (κ1) is 17.3. The maximum atomic E-state index is 12.2. The highest BCUT2D eigenvalue weighted by Gasteiger charge is 2.26. The number of nitrogens with zero attached hydrogens (tertiary/aromatic N) is 1. The van der Waals surface area contributed by atoms with E-state index in [0.717, 1.165) is 28.1 Å². The molecule has 1 atom stereocenters. The molecule has 0 saturated carbocycles. The molecule has 0 radical (unpaired) electrons. The molecule has 3 aromatic rings. The van der Waals surface area contributed by atoms with Crippen LogP contribution in [0.3, 0.4) is 0 Å². The van der Waals surface area contributed by atoms with Crippen LogP contribution in [0, 0.1) is 5.92 Å². The van der Waals surface area contributed by atoms with E-state index in [9.17, 15) is 9.59 Å². The van der Waals surface area contributed by atoms with E-state index in [2.05, 4.69) is 20.6 Å². The van der Waals surface area contributed by atoms with Gasteiger partial charge in [0.2, 0.25) is 11.8 Å². The molecule has 4 rings (SSSR count). The second kappa shape index (κ2) is 7.61. The third kappa shape index (κ3) is 4.00. The molecular weight excluding hydrogens is 340 g/mol. The lowest BCUT2D eigenvalue weighted by atomic mass is 9.89. The number of benzene rings is 2. The molecule has 3 N–H and O–H groups in total. The molecule has 1 aliphatic rings. The third-order valence-electron chi connectivity index (χ3n) is 4.95. The van der Waals surface area contributed by atoms with Crippen LogP contribution in [-0.2, 0) is 22.4 Å². The summed E-state index contributed by atoms with van der Waals surface area (Å²) < 4.78 is 0. The zero-order valence-corrected chi connectivity index (χ0v) is 15.0. The van der Waals surface area contributed by atoms with Gasteiger partial charge in [-0.15, -0.1) is 0 Å². The molecule has 0 saturated heterocycles. The number of hydrogen-bond acceptors (Lipinski definition) is 3. The largest absolute Gasteiger partial charge is 0.356 e.